The topological polar surface area (TPSA) is 55.1 Å². The first-order valence-corrected chi connectivity index (χ1v) is 7.68. The standard InChI is InChI=1S/C18H19FN4O/c1-12-6-13(10-20-9-12)7-17-21-18(22-24-17)14-4-5-16(19)15(8-14)11-23(2)3/h4-6,8-10H,7,11H2,1-3H3. The van der Waals surface area contributed by atoms with E-state index in [0.29, 0.717) is 30.2 Å². The summed E-state index contributed by atoms with van der Waals surface area (Å²) in [7, 11) is 3.79. The first kappa shape index (κ1) is 16.3. The van der Waals surface area contributed by atoms with Gasteiger partial charge in [0.25, 0.3) is 0 Å². The molecular formula is C18H19FN4O. The molecule has 124 valence electrons. The van der Waals surface area contributed by atoms with Crippen LogP contribution in [0.3, 0.4) is 0 Å². The Labute approximate surface area is 140 Å². The molecule has 0 amide bonds. The highest BCUT2D eigenvalue weighted by Gasteiger charge is 2.12. The summed E-state index contributed by atoms with van der Waals surface area (Å²) in [4.78, 5) is 10.5. The van der Waals surface area contributed by atoms with E-state index in [1.54, 1.807) is 24.5 Å². The molecule has 0 unspecified atom stereocenters. The molecule has 0 fully saturated rings. The molecule has 24 heavy (non-hydrogen) atoms. The Morgan fingerprint density at radius 1 is 1.17 bits per heavy atom. The summed E-state index contributed by atoms with van der Waals surface area (Å²) in [6.45, 7) is 2.50. The van der Waals surface area contributed by atoms with Crippen LogP contribution >= 0.6 is 0 Å². The van der Waals surface area contributed by atoms with Gasteiger partial charge in [-0.3, -0.25) is 4.98 Å². The summed E-state index contributed by atoms with van der Waals surface area (Å²) in [6.07, 6.45) is 4.10. The molecule has 2 aromatic heterocycles. The van der Waals surface area contributed by atoms with Gasteiger partial charge >= 0.3 is 0 Å². The molecule has 0 radical (unpaired) electrons. The minimum absolute atomic E-state index is 0.234. The van der Waals surface area contributed by atoms with Crippen molar-refractivity contribution < 1.29 is 8.91 Å². The molecular weight excluding hydrogens is 307 g/mol. The number of aromatic nitrogens is 3. The Morgan fingerprint density at radius 2 is 2.00 bits per heavy atom. The van der Waals surface area contributed by atoms with Crippen molar-refractivity contribution in [1.82, 2.24) is 20.0 Å². The maximum Gasteiger partial charge on any atom is 0.231 e. The average Bonchev–Trinajstić information content (AvgIpc) is 2.97. The van der Waals surface area contributed by atoms with Gasteiger partial charge in [-0.2, -0.15) is 4.98 Å². The molecule has 0 saturated carbocycles. The fourth-order valence-electron chi connectivity index (χ4n) is 2.51. The quantitative estimate of drug-likeness (QED) is 0.720. The fraction of sp³-hybridized carbons (Fsp3) is 0.278. The SMILES string of the molecule is Cc1cncc(Cc2nc(-c3ccc(F)c(CN(C)C)c3)no2)c1. The van der Waals surface area contributed by atoms with Gasteiger partial charge in [-0.15, -0.1) is 0 Å². The van der Waals surface area contributed by atoms with Crippen LogP contribution in [0.1, 0.15) is 22.6 Å². The number of benzene rings is 1. The molecule has 0 aliphatic carbocycles. The summed E-state index contributed by atoms with van der Waals surface area (Å²) >= 11 is 0. The normalized spacial score (nSPS) is 11.2. The zero-order valence-corrected chi connectivity index (χ0v) is 14.0. The minimum atomic E-state index is -0.234. The minimum Gasteiger partial charge on any atom is -0.339 e. The number of halogens is 1. The molecule has 5 nitrogen and oxygen atoms in total. The molecule has 3 aromatic rings. The Balaban J connectivity index is 1.82. The monoisotopic (exact) mass is 326 g/mol. The third-order valence-electron chi connectivity index (χ3n) is 3.55. The third kappa shape index (κ3) is 3.83. The van der Waals surface area contributed by atoms with Crippen molar-refractivity contribution in [2.24, 2.45) is 0 Å². The summed E-state index contributed by atoms with van der Waals surface area (Å²) < 4.78 is 19.2. The van der Waals surface area contributed by atoms with Gasteiger partial charge in [0.15, 0.2) is 0 Å². The molecule has 6 heteroatoms. The van der Waals surface area contributed by atoms with E-state index in [2.05, 4.69) is 15.1 Å². The zero-order chi connectivity index (χ0) is 17.1. The second kappa shape index (κ2) is 6.88. The molecule has 0 spiro atoms. The Hall–Kier alpha value is -2.60. The van der Waals surface area contributed by atoms with Crippen molar-refractivity contribution in [2.45, 2.75) is 19.9 Å². The van der Waals surface area contributed by atoms with Crippen LogP contribution in [0.2, 0.25) is 0 Å². The van der Waals surface area contributed by atoms with Crippen molar-refractivity contribution in [3.63, 3.8) is 0 Å². The van der Waals surface area contributed by atoms with Crippen LogP contribution in [-0.2, 0) is 13.0 Å². The predicted octanol–water partition coefficient (Wildman–Crippen LogP) is 3.23. The molecule has 3 rings (SSSR count). The zero-order valence-electron chi connectivity index (χ0n) is 14.0. The molecule has 0 atom stereocenters. The van der Waals surface area contributed by atoms with E-state index >= 15 is 0 Å². The highest BCUT2D eigenvalue weighted by Crippen LogP contribution is 2.21. The lowest BCUT2D eigenvalue weighted by Gasteiger charge is -2.11. The molecule has 0 bridgehead atoms. The summed E-state index contributed by atoms with van der Waals surface area (Å²) in [5, 5.41) is 4.01. The molecule has 2 heterocycles. The van der Waals surface area contributed by atoms with E-state index in [-0.39, 0.29) is 5.82 Å². The van der Waals surface area contributed by atoms with Crippen molar-refractivity contribution >= 4 is 0 Å². The van der Waals surface area contributed by atoms with Gasteiger partial charge in [0, 0.05) is 30.1 Å². The maximum atomic E-state index is 13.9. The second-order valence-electron chi connectivity index (χ2n) is 6.10. The van der Waals surface area contributed by atoms with E-state index in [1.807, 2.05) is 32.0 Å². The summed E-state index contributed by atoms with van der Waals surface area (Å²) in [5.41, 5.74) is 3.44. The number of aryl methyl sites for hydroxylation is 1. The summed E-state index contributed by atoms with van der Waals surface area (Å²) in [6, 6.07) is 6.90. The van der Waals surface area contributed by atoms with E-state index in [9.17, 15) is 4.39 Å². The average molecular weight is 326 g/mol. The lowest BCUT2D eigenvalue weighted by atomic mass is 10.1. The molecule has 0 aliphatic rings. The Bertz CT molecular complexity index is 845. The molecule has 0 saturated heterocycles. The largest absolute Gasteiger partial charge is 0.339 e. The lowest BCUT2D eigenvalue weighted by molar-refractivity contribution is 0.385. The first-order valence-electron chi connectivity index (χ1n) is 7.68. The highest BCUT2D eigenvalue weighted by molar-refractivity contribution is 5.55. The molecule has 0 aliphatic heterocycles. The van der Waals surface area contributed by atoms with Crippen LogP contribution in [-0.4, -0.2) is 34.1 Å². The van der Waals surface area contributed by atoms with Crippen LogP contribution in [0.15, 0.2) is 41.2 Å². The van der Waals surface area contributed by atoms with Crippen LogP contribution in [0.4, 0.5) is 4.39 Å². The molecule has 1 aromatic carbocycles. The van der Waals surface area contributed by atoms with Gasteiger partial charge < -0.3 is 9.42 Å². The Morgan fingerprint density at radius 3 is 2.75 bits per heavy atom. The van der Waals surface area contributed by atoms with Crippen LogP contribution < -0.4 is 0 Å². The van der Waals surface area contributed by atoms with Gasteiger partial charge in [-0.25, -0.2) is 4.39 Å². The van der Waals surface area contributed by atoms with Crippen LogP contribution in [0, 0.1) is 12.7 Å². The maximum absolute atomic E-state index is 13.9. The van der Waals surface area contributed by atoms with Gasteiger partial charge in [-0.05, 0) is 50.3 Å². The van der Waals surface area contributed by atoms with Gasteiger partial charge in [0.1, 0.15) is 5.82 Å². The van der Waals surface area contributed by atoms with Crippen LogP contribution in [0.25, 0.3) is 11.4 Å². The number of hydrogen-bond donors (Lipinski definition) is 0. The number of rotatable bonds is 5. The van der Waals surface area contributed by atoms with Gasteiger partial charge in [0.2, 0.25) is 11.7 Å². The van der Waals surface area contributed by atoms with Gasteiger partial charge in [-0.1, -0.05) is 11.2 Å². The Kier molecular flexibility index (Phi) is 4.66. The predicted molar refractivity (Wildman–Crippen MR) is 88.9 cm³/mol. The number of hydrogen-bond acceptors (Lipinski definition) is 5. The first-order chi connectivity index (χ1) is 11.5. The van der Waals surface area contributed by atoms with Gasteiger partial charge in [0.05, 0.1) is 6.42 Å². The lowest BCUT2D eigenvalue weighted by Crippen LogP contribution is -2.12. The van der Waals surface area contributed by atoms with E-state index in [4.69, 9.17) is 4.52 Å². The number of pyridine rings is 1. The van der Waals surface area contributed by atoms with Crippen molar-refractivity contribution in [2.75, 3.05) is 14.1 Å². The van der Waals surface area contributed by atoms with E-state index in [1.165, 1.54) is 6.07 Å². The summed E-state index contributed by atoms with van der Waals surface area (Å²) in [5.74, 6) is 0.739. The third-order valence-corrected chi connectivity index (χ3v) is 3.55. The van der Waals surface area contributed by atoms with E-state index < -0.39 is 0 Å². The van der Waals surface area contributed by atoms with Crippen molar-refractivity contribution in [3.05, 3.63) is 65.1 Å². The second-order valence-corrected chi connectivity index (χ2v) is 6.10. The number of nitrogens with zero attached hydrogens (tertiary/aromatic N) is 4. The van der Waals surface area contributed by atoms with Crippen molar-refractivity contribution in [1.29, 1.82) is 0 Å². The van der Waals surface area contributed by atoms with E-state index in [0.717, 1.165) is 16.7 Å². The molecule has 0 N–H and O–H groups in total. The fourth-order valence-corrected chi connectivity index (χ4v) is 2.51. The van der Waals surface area contributed by atoms with Crippen molar-refractivity contribution in [3.8, 4) is 11.4 Å². The van der Waals surface area contributed by atoms with Crippen LogP contribution in [0.5, 0.6) is 0 Å². The smallest absolute Gasteiger partial charge is 0.231 e. The highest BCUT2D eigenvalue weighted by atomic mass is 19.1.